The average molecular weight is 1390 g/mol. The number of rotatable bonds is 21. The van der Waals surface area contributed by atoms with Crippen molar-refractivity contribution in [1.29, 1.82) is 0 Å². The van der Waals surface area contributed by atoms with Crippen LogP contribution in [-0.4, -0.2) is 147 Å². The summed E-state index contributed by atoms with van der Waals surface area (Å²) in [6, 6.07) is 17.6. The summed E-state index contributed by atoms with van der Waals surface area (Å²) in [4.78, 5) is 68.7. The summed E-state index contributed by atoms with van der Waals surface area (Å²) in [5, 5.41) is 29.8. The Bertz CT molecular complexity index is 2910. The number of hydrogen-bond donors (Lipinski definition) is 6. The maximum Gasteiger partial charge on any atom is 0.481 e. The van der Waals surface area contributed by atoms with Gasteiger partial charge in [-0.05, 0) is 197 Å². The number of nitrogens with one attached hydrogen (secondary N) is 4. The van der Waals surface area contributed by atoms with Gasteiger partial charge >= 0.3 is 51.3 Å². The summed E-state index contributed by atoms with van der Waals surface area (Å²) in [6.45, 7) is 47.2. The van der Waals surface area contributed by atoms with Gasteiger partial charge < -0.3 is 68.4 Å². The highest BCUT2D eigenvalue weighted by atomic mass is 28.4. The van der Waals surface area contributed by atoms with Crippen molar-refractivity contribution in [2.45, 2.75) is 293 Å². The van der Waals surface area contributed by atoms with Gasteiger partial charge in [-0.1, -0.05) is 132 Å². The Morgan fingerprint density at radius 1 is 0.649 bits per heavy atom. The third-order valence-electron chi connectivity index (χ3n) is 20.7. The molecule has 0 radical (unpaired) electrons. The Hall–Kier alpha value is -4.81. The lowest BCUT2D eigenvalue weighted by Gasteiger charge is -2.64. The SMILES string of the molecule is C.C.C=C=O.C[C@@H](CC[C@@H](B1O[C@@H]2C[C@@H]3C[C@@H](C3(C)C)[C@]2(C)O1)N([Si](C)(C)C)[Si](C)(C)C)CC(=O)OC(C)(C)C.C[C@@H](CC[C@H](NC(=O)Nc1ccccc1)B1O[C@@H]2C[C@@H]3C[C@@H](C3(C)C)[C@]2(C)O1)CC(=O)OC(C)(C)C.O=C(O)C[C@@H]1CC[C@H](NC(=O)Nc2ccccc2)B(O)O1. The molecule has 0 unspecified atom stereocenters. The normalized spacial score (nSPS) is 27.5. The van der Waals surface area contributed by atoms with Crippen LogP contribution in [0.25, 0.3) is 0 Å². The second kappa shape index (κ2) is 34.2. The molecular weight excluding hydrogens is 1260 g/mol. The lowest BCUT2D eigenvalue weighted by atomic mass is 9.43. The molecule has 20 nitrogen and oxygen atoms in total. The summed E-state index contributed by atoms with van der Waals surface area (Å²) < 4.78 is 46.2. The van der Waals surface area contributed by atoms with Crippen LogP contribution < -0.4 is 21.3 Å². The van der Waals surface area contributed by atoms with Crippen molar-refractivity contribution < 1.29 is 71.6 Å². The molecule has 25 heteroatoms. The molecule has 6 saturated carbocycles. The molecule has 4 bridgehead atoms. The molecule has 2 aromatic rings. The number of esters is 2. The lowest BCUT2D eigenvalue weighted by molar-refractivity contribution is -0.199. The van der Waals surface area contributed by atoms with Crippen molar-refractivity contribution in [2.75, 3.05) is 10.6 Å². The van der Waals surface area contributed by atoms with Gasteiger partial charge in [0.05, 0.1) is 47.8 Å². The third kappa shape index (κ3) is 22.8. The number of urea groups is 2. The minimum absolute atomic E-state index is 0. The van der Waals surface area contributed by atoms with Gasteiger partial charge in [-0.3, -0.25) is 14.4 Å². The summed E-state index contributed by atoms with van der Waals surface area (Å²) in [7, 11) is -5.22. The predicted molar refractivity (Wildman–Crippen MR) is 394 cm³/mol. The zero-order chi connectivity index (χ0) is 71.0. The minimum Gasteiger partial charge on any atom is -0.481 e. The topological polar surface area (TPSA) is 259 Å². The molecular formula is C72H124B3N5O15Si2. The Morgan fingerprint density at radius 3 is 1.46 bits per heavy atom. The minimum atomic E-state index is -1.65. The molecule has 2 aromatic carbocycles. The molecule has 6 aliphatic carbocycles. The standard InChI is InChI=1S/C28H43BN2O5.C27H54BNO4Si2.C13H17BN2O5.C2H2O.2CH4/c1-18(15-24(32)34-26(2,3)4)13-14-23(31-25(33)30-20-11-9-8-10-12-20)29-35-22-17-19-16-21(27(19,5)6)28(22,7)36-29;1-19(16-24(30)31-25(2,3)4)14-15-23(29(34(8,9)10)35(11,12)13)28-32-22-18-20-17-21(26(20,5)6)27(22,7)33-28;17-12(18)8-10-6-7-11(14(20)21-10)16-13(19)15-9-4-2-1-3-5-9;1-2-3;;/h8-12,18-19,21-23H,13-17H2,1-7H3,(H2,30,31,33);19-23H,14-18H2,1-13H3;1-5,10-11,20H,6-8H2,(H,17,18)(H2,15,16,19);1H2;2*1H4/t18-,19-,21-,22+,23-,28-;19-,20-,21-,22+,23-,27-;10-,11-;;;/m000.../s1. The van der Waals surface area contributed by atoms with E-state index < -0.39 is 66.0 Å². The van der Waals surface area contributed by atoms with Crippen LogP contribution in [0.4, 0.5) is 21.0 Å². The van der Waals surface area contributed by atoms with E-state index in [2.05, 4.69) is 120 Å². The molecule has 3 heterocycles. The molecule has 0 spiro atoms. The van der Waals surface area contributed by atoms with E-state index in [1.165, 1.54) is 18.8 Å². The van der Waals surface area contributed by atoms with Crippen LogP contribution in [0.2, 0.25) is 39.3 Å². The highest BCUT2D eigenvalue weighted by molar-refractivity contribution is 6.90. The fraction of sp³-hybridized carbons (Fsp3) is 0.736. The monoisotopic (exact) mass is 1390 g/mol. The third-order valence-corrected chi connectivity index (χ3v) is 28.3. The van der Waals surface area contributed by atoms with Crippen LogP contribution >= 0.6 is 0 Å². The van der Waals surface area contributed by atoms with Gasteiger partial charge in [0.1, 0.15) is 33.6 Å². The second-order valence-corrected chi connectivity index (χ2v) is 43.6. The van der Waals surface area contributed by atoms with Gasteiger partial charge in [0, 0.05) is 30.2 Å². The molecule has 97 heavy (non-hydrogen) atoms. The van der Waals surface area contributed by atoms with Gasteiger partial charge in [0.25, 0.3) is 0 Å². The highest BCUT2D eigenvalue weighted by Gasteiger charge is 2.70. The van der Waals surface area contributed by atoms with Crippen LogP contribution in [0, 0.1) is 46.3 Å². The molecule has 9 fully saturated rings. The highest BCUT2D eigenvalue weighted by Crippen LogP contribution is 2.67. The molecule has 0 aromatic heterocycles. The van der Waals surface area contributed by atoms with Crippen molar-refractivity contribution in [1.82, 2.24) is 14.9 Å². The number of aliphatic carboxylic acids is 1. The first-order valence-corrected chi connectivity index (χ1v) is 41.6. The molecule has 14 atom stereocenters. The molecule has 11 rings (SSSR count). The first kappa shape index (κ1) is 84.6. The summed E-state index contributed by atoms with van der Waals surface area (Å²) in [5.74, 6) is 2.13. The molecule has 4 amide bonds. The summed E-state index contributed by atoms with van der Waals surface area (Å²) in [5.41, 5.74) is 0.500. The molecule has 3 aliphatic heterocycles. The van der Waals surface area contributed by atoms with E-state index in [0.717, 1.165) is 43.7 Å². The van der Waals surface area contributed by atoms with Gasteiger partial charge in [-0.25, -0.2) is 14.4 Å². The van der Waals surface area contributed by atoms with Gasteiger partial charge in [0.2, 0.25) is 0 Å². The van der Waals surface area contributed by atoms with Gasteiger partial charge in [0.15, 0.2) is 0 Å². The van der Waals surface area contributed by atoms with E-state index in [-0.39, 0.29) is 98.9 Å². The summed E-state index contributed by atoms with van der Waals surface area (Å²) in [6.07, 6.45) is 9.21. The fourth-order valence-corrected chi connectivity index (χ4v) is 26.9. The Labute approximate surface area is 586 Å². The number of ether oxygens (including phenoxy) is 2. The number of nitrogens with zero attached hydrogens (tertiary/aromatic N) is 1. The number of para-hydroxylation sites is 2. The van der Waals surface area contributed by atoms with E-state index in [9.17, 15) is 29.0 Å². The lowest BCUT2D eigenvalue weighted by Crippen LogP contribution is -2.67. The van der Waals surface area contributed by atoms with E-state index in [4.69, 9.17) is 42.6 Å². The first-order valence-electron chi connectivity index (χ1n) is 34.7. The van der Waals surface area contributed by atoms with Crippen molar-refractivity contribution in [3.63, 3.8) is 0 Å². The van der Waals surface area contributed by atoms with Gasteiger partial charge in [-0.2, -0.15) is 0 Å². The zero-order valence-corrected chi connectivity index (χ0v) is 63.0. The second-order valence-electron chi connectivity index (χ2n) is 33.5. The number of benzene rings is 2. The van der Waals surface area contributed by atoms with Crippen LogP contribution in [0.1, 0.15) is 195 Å². The van der Waals surface area contributed by atoms with Crippen molar-refractivity contribution >= 4 is 85.1 Å². The van der Waals surface area contributed by atoms with E-state index >= 15 is 0 Å². The van der Waals surface area contributed by atoms with Crippen molar-refractivity contribution in [3.8, 4) is 0 Å². The average Bonchev–Trinajstić information content (AvgIpc) is 1.66. The maximum atomic E-state index is 12.9. The number of carbonyl (C=O) groups excluding carboxylic acids is 5. The Morgan fingerprint density at radius 2 is 1.06 bits per heavy atom. The zero-order valence-electron chi connectivity index (χ0n) is 61.0. The molecule has 3 saturated heterocycles. The molecule has 544 valence electrons. The first-order chi connectivity index (χ1) is 43.9. The maximum absolute atomic E-state index is 12.9. The number of anilines is 2. The van der Waals surface area contributed by atoms with Crippen LogP contribution in [0.15, 0.2) is 67.2 Å². The van der Waals surface area contributed by atoms with Crippen molar-refractivity contribution in [3.05, 3.63) is 67.2 Å². The number of amides is 4. The smallest absolute Gasteiger partial charge is 0.481 e. The van der Waals surface area contributed by atoms with E-state index in [1.54, 1.807) is 24.3 Å². The largest absolute Gasteiger partial charge is 0.481 e. The van der Waals surface area contributed by atoms with E-state index in [1.807, 2.05) is 84.9 Å². The van der Waals surface area contributed by atoms with Gasteiger partial charge in [-0.15, -0.1) is 0 Å². The van der Waals surface area contributed by atoms with Crippen LogP contribution in [0.3, 0.4) is 0 Å². The summed E-state index contributed by atoms with van der Waals surface area (Å²) >= 11 is 0. The number of carbonyl (C=O) groups is 5. The Balaban J connectivity index is 0.000000309. The quantitative estimate of drug-likeness (QED) is 0.0386. The van der Waals surface area contributed by atoms with Crippen molar-refractivity contribution in [2.24, 2.45) is 46.3 Å². The number of hydrogen-bond acceptors (Lipinski definition) is 15. The number of carboxylic acids is 1. The molecule has 6 N–H and O–H groups in total. The predicted octanol–water partition coefficient (Wildman–Crippen LogP) is 14.5. The van der Waals surface area contributed by atoms with Crippen LogP contribution in [-0.2, 0) is 51.9 Å². The number of carboxylic acid groups (broad SMARTS) is 1. The van der Waals surface area contributed by atoms with E-state index in [0.29, 0.717) is 61.0 Å². The fourth-order valence-electron chi connectivity index (χ4n) is 16.3. The molecule has 9 aliphatic rings. The van der Waals surface area contributed by atoms with Crippen LogP contribution in [0.5, 0.6) is 0 Å². The Kier molecular flexibility index (Phi) is 29.9.